The first kappa shape index (κ1) is 10.9. The molecule has 3 nitrogen and oxygen atoms in total. The van der Waals surface area contributed by atoms with Gasteiger partial charge in [-0.15, -0.1) is 0 Å². The molecule has 0 aromatic heterocycles. The lowest BCUT2D eigenvalue weighted by Gasteiger charge is -2.16. The van der Waals surface area contributed by atoms with Crippen molar-refractivity contribution in [3.05, 3.63) is 23.8 Å². The van der Waals surface area contributed by atoms with Gasteiger partial charge in [-0.3, -0.25) is 0 Å². The molecule has 0 aliphatic carbocycles. The molecule has 3 rings (SSSR count). The summed E-state index contributed by atoms with van der Waals surface area (Å²) >= 11 is 0. The number of hydrogen-bond donors (Lipinski definition) is 1. The van der Waals surface area contributed by atoms with Crippen LogP contribution in [-0.2, 0) is 0 Å². The molecule has 17 heavy (non-hydrogen) atoms. The van der Waals surface area contributed by atoms with Crippen molar-refractivity contribution in [1.82, 2.24) is 5.32 Å². The van der Waals surface area contributed by atoms with Crippen molar-refractivity contribution < 1.29 is 9.47 Å². The molecule has 92 valence electrons. The van der Waals surface area contributed by atoms with Gasteiger partial charge in [-0.1, -0.05) is 13.0 Å². The van der Waals surface area contributed by atoms with Crippen LogP contribution in [0.25, 0.3) is 0 Å². The fraction of sp³-hybridized carbons (Fsp3) is 0.571. The average Bonchev–Trinajstić information content (AvgIpc) is 2.97. The number of rotatable bonds is 3. The second-order valence-corrected chi connectivity index (χ2v) is 5.11. The molecular formula is C14H19NO2. The number of hydrogen-bond acceptors (Lipinski definition) is 3. The smallest absolute Gasteiger partial charge is 0.231 e. The highest BCUT2D eigenvalue weighted by molar-refractivity contribution is 5.45. The maximum atomic E-state index is 5.42. The molecule has 2 unspecified atom stereocenters. The van der Waals surface area contributed by atoms with Gasteiger partial charge in [-0.05, 0) is 55.5 Å². The van der Waals surface area contributed by atoms with Gasteiger partial charge in [0, 0.05) is 0 Å². The van der Waals surface area contributed by atoms with Gasteiger partial charge in [0.05, 0.1) is 0 Å². The SMILES string of the molecule is CC(CC1CCNC1)c1ccc2c(c1)OCO2. The summed E-state index contributed by atoms with van der Waals surface area (Å²) in [6.07, 6.45) is 2.57. The summed E-state index contributed by atoms with van der Waals surface area (Å²) in [6.45, 7) is 5.02. The van der Waals surface area contributed by atoms with Crippen molar-refractivity contribution >= 4 is 0 Å². The summed E-state index contributed by atoms with van der Waals surface area (Å²) in [5, 5.41) is 3.43. The maximum Gasteiger partial charge on any atom is 0.231 e. The molecule has 1 fully saturated rings. The summed E-state index contributed by atoms with van der Waals surface area (Å²) in [6, 6.07) is 6.33. The van der Waals surface area contributed by atoms with Crippen molar-refractivity contribution in [3.8, 4) is 11.5 Å². The number of ether oxygens (including phenoxy) is 2. The fourth-order valence-electron chi connectivity index (χ4n) is 2.77. The average molecular weight is 233 g/mol. The van der Waals surface area contributed by atoms with Gasteiger partial charge in [0.15, 0.2) is 11.5 Å². The Morgan fingerprint density at radius 3 is 3.06 bits per heavy atom. The molecule has 2 heterocycles. The lowest BCUT2D eigenvalue weighted by molar-refractivity contribution is 0.174. The van der Waals surface area contributed by atoms with Gasteiger partial charge < -0.3 is 14.8 Å². The van der Waals surface area contributed by atoms with Gasteiger partial charge in [-0.25, -0.2) is 0 Å². The number of fused-ring (bicyclic) bond motifs is 1. The Kier molecular flexibility index (Phi) is 2.93. The molecule has 1 aromatic carbocycles. The number of benzene rings is 1. The van der Waals surface area contributed by atoms with Crippen molar-refractivity contribution in [1.29, 1.82) is 0 Å². The van der Waals surface area contributed by atoms with Crippen LogP contribution in [0.15, 0.2) is 18.2 Å². The van der Waals surface area contributed by atoms with E-state index in [2.05, 4.69) is 24.4 Å². The summed E-state index contributed by atoms with van der Waals surface area (Å²) < 4.78 is 10.8. The molecule has 2 atom stereocenters. The first-order chi connectivity index (χ1) is 8.33. The van der Waals surface area contributed by atoms with Crippen LogP contribution in [0, 0.1) is 5.92 Å². The second-order valence-electron chi connectivity index (χ2n) is 5.11. The van der Waals surface area contributed by atoms with Crippen molar-refractivity contribution in [2.75, 3.05) is 19.9 Å². The molecule has 2 aliphatic heterocycles. The summed E-state index contributed by atoms with van der Waals surface area (Å²) in [4.78, 5) is 0. The molecular weight excluding hydrogens is 214 g/mol. The third kappa shape index (κ3) is 2.25. The molecule has 2 aliphatic rings. The predicted molar refractivity (Wildman–Crippen MR) is 66.6 cm³/mol. The van der Waals surface area contributed by atoms with Crippen LogP contribution in [0.1, 0.15) is 31.2 Å². The first-order valence-corrected chi connectivity index (χ1v) is 6.43. The molecule has 1 saturated heterocycles. The van der Waals surface area contributed by atoms with Crippen LogP contribution < -0.4 is 14.8 Å². The van der Waals surface area contributed by atoms with Crippen LogP contribution in [0.5, 0.6) is 11.5 Å². The van der Waals surface area contributed by atoms with E-state index in [0.717, 1.165) is 17.4 Å². The normalized spacial score (nSPS) is 23.9. The van der Waals surface area contributed by atoms with E-state index in [9.17, 15) is 0 Å². The lowest BCUT2D eigenvalue weighted by Crippen LogP contribution is -2.11. The van der Waals surface area contributed by atoms with E-state index in [-0.39, 0.29) is 0 Å². The Morgan fingerprint density at radius 1 is 1.35 bits per heavy atom. The zero-order valence-electron chi connectivity index (χ0n) is 10.2. The van der Waals surface area contributed by atoms with Crippen LogP contribution in [0.4, 0.5) is 0 Å². The monoisotopic (exact) mass is 233 g/mol. The van der Waals surface area contributed by atoms with Crippen LogP contribution in [0.2, 0.25) is 0 Å². The third-order valence-corrected chi connectivity index (χ3v) is 3.81. The van der Waals surface area contributed by atoms with Crippen molar-refractivity contribution in [2.24, 2.45) is 5.92 Å². The van der Waals surface area contributed by atoms with Gasteiger partial charge in [-0.2, -0.15) is 0 Å². The topological polar surface area (TPSA) is 30.5 Å². The number of nitrogens with one attached hydrogen (secondary N) is 1. The minimum Gasteiger partial charge on any atom is -0.454 e. The highest BCUT2D eigenvalue weighted by Crippen LogP contribution is 2.36. The lowest BCUT2D eigenvalue weighted by atomic mass is 9.89. The highest BCUT2D eigenvalue weighted by atomic mass is 16.7. The summed E-state index contributed by atoms with van der Waals surface area (Å²) in [5.41, 5.74) is 1.36. The largest absolute Gasteiger partial charge is 0.454 e. The van der Waals surface area contributed by atoms with Gasteiger partial charge in [0.25, 0.3) is 0 Å². The molecule has 0 bridgehead atoms. The molecule has 0 spiro atoms. The minimum absolute atomic E-state index is 0.361. The van der Waals surface area contributed by atoms with Crippen LogP contribution >= 0.6 is 0 Å². The van der Waals surface area contributed by atoms with E-state index >= 15 is 0 Å². The van der Waals surface area contributed by atoms with Gasteiger partial charge in [0.1, 0.15) is 0 Å². The van der Waals surface area contributed by atoms with E-state index in [1.54, 1.807) is 0 Å². The van der Waals surface area contributed by atoms with Gasteiger partial charge >= 0.3 is 0 Å². The van der Waals surface area contributed by atoms with E-state index in [1.807, 2.05) is 6.07 Å². The minimum atomic E-state index is 0.361. The molecule has 0 radical (unpaired) electrons. The predicted octanol–water partition coefficient (Wildman–Crippen LogP) is 2.52. The van der Waals surface area contributed by atoms with E-state index in [0.29, 0.717) is 12.7 Å². The molecule has 1 aromatic rings. The molecule has 3 heteroatoms. The Balaban J connectivity index is 1.70. The van der Waals surface area contributed by atoms with Crippen molar-refractivity contribution in [3.63, 3.8) is 0 Å². The summed E-state index contributed by atoms with van der Waals surface area (Å²) in [7, 11) is 0. The van der Waals surface area contributed by atoms with Crippen LogP contribution in [-0.4, -0.2) is 19.9 Å². The Morgan fingerprint density at radius 2 is 2.24 bits per heavy atom. The Bertz CT molecular complexity index is 399. The maximum absolute atomic E-state index is 5.42. The second kappa shape index (κ2) is 4.57. The molecule has 0 saturated carbocycles. The standard InChI is InChI=1S/C14H19NO2/c1-10(6-11-4-5-15-8-11)12-2-3-13-14(7-12)17-9-16-13/h2-3,7,10-11,15H,4-6,8-9H2,1H3. The molecule has 1 N–H and O–H groups in total. The Labute approximate surface area is 102 Å². The van der Waals surface area contributed by atoms with Crippen molar-refractivity contribution in [2.45, 2.75) is 25.7 Å². The third-order valence-electron chi connectivity index (χ3n) is 3.81. The Hall–Kier alpha value is -1.22. The van der Waals surface area contributed by atoms with Crippen LogP contribution in [0.3, 0.4) is 0 Å². The zero-order valence-corrected chi connectivity index (χ0v) is 10.2. The van der Waals surface area contributed by atoms with E-state index in [1.165, 1.54) is 31.5 Å². The van der Waals surface area contributed by atoms with E-state index < -0.39 is 0 Å². The fourth-order valence-corrected chi connectivity index (χ4v) is 2.77. The highest BCUT2D eigenvalue weighted by Gasteiger charge is 2.20. The summed E-state index contributed by atoms with van der Waals surface area (Å²) in [5.74, 6) is 3.20. The molecule has 0 amide bonds. The van der Waals surface area contributed by atoms with E-state index in [4.69, 9.17) is 9.47 Å². The zero-order chi connectivity index (χ0) is 11.7. The first-order valence-electron chi connectivity index (χ1n) is 6.43. The quantitative estimate of drug-likeness (QED) is 0.870. The van der Waals surface area contributed by atoms with Gasteiger partial charge in [0.2, 0.25) is 6.79 Å².